The molecule has 1 N–H and O–H groups in total. The van der Waals surface area contributed by atoms with Crippen LogP contribution in [0.15, 0.2) is 35.9 Å². The summed E-state index contributed by atoms with van der Waals surface area (Å²) in [4.78, 5) is 0. The van der Waals surface area contributed by atoms with Gasteiger partial charge in [0.2, 0.25) is 0 Å². The monoisotopic (exact) mass is 314 g/mol. The Hall–Kier alpha value is -0.350. The van der Waals surface area contributed by atoms with Crippen molar-refractivity contribution in [3.05, 3.63) is 45.0 Å². The smallest absolute Gasteiger partial charge is 0.0723 e. The quantitative estimate of drug-likeness (QED) is 0.656. The van der Waals surface area contributed by atoms with Crippen molar-refractivity contribution in [2.45, 2.75) is 31.8 Å². The van der Waals surface area contributed by atoms with Crippen LogP contribution >= 0.6 is 22.6 Å². The largest absolute Gasteiger partial charge is 0.389 e. The summed E-state index contributed by atoms with van der Waals surface area (Å²) in [6.45, 7) is 0. The van der Waals surface area contributed by atoms with Gasteiger partial charge >= 0.3 is 0 Å². The number of allylic oxidation sites excluding steroid dienone is 1. The second kappa shape index (κ2) is 5.12. The predicted molar refractivity (Wildman–Crippen MR) is 70.8 cm³/mol. The van der Waals surface area contributed by atoms with Gasteiger partial charge in [0.1, 0.15) is 0 Å². The molecule has 0 saturated carbocycles. The molecule has 80 valence electrons. The molecule has 2 rings (SSSR count). The molecular formula is C13H15IO. The second-order valence-electron chi connectivity index (χ2n) is 4.09. The summed E-state index contributed by atoms with van der Waals surface area (Å²) in [6.07, 6.45) is 6.00. The third-order valence-electron chi connectivity index (χ3n) is 2.77. The number of aliphatic hydroxyl groups excluding tert-OH is 1. The molecule has 0 fully saturated rings. The summed E-state index contributed by atoms with van der Waals surface area (Å²) in [6, 6.07) is 8.61. The van der Waals surface area contributed by atoms with E-state index in [1.165, 1.54) is 14.7 Å². The number of benzene rings is 1. The van der Waals surface area contributed by atoms with Crippen LogP contribution in [0.25, 0.3) is 0 Å². The molecule has 15 heavy (non-hydrogen) atoms. The Labute approximate surface area is 104 Å². The van der Waals surface area contributed by atoms with E-state index in [9.17, 15) is 5.11 Å². The molecule has 0 heterocycles. The first-order chi connectivity index (χ1) is 7.24. The molecule has 1 aliphatic rings. The molecule has 1 aliphatic carbocycles. The molecule has 0 saturated heterocycles. The number of hydrogen-bond donors (Lipinski definition) is 1. The lowest BCUT2D eigenvalue weighted by molar-refractivity contribution is 0.202. The second-order valence-corrected chi connectivity index (χ2v) is 5.33. The Morgan fingerprint density at radius 2 is 2.00 bits per heavy atom. The summed E-state index contributed by atoms with van der Waals surface area (Å²) in [5.41, 5.74) is 2.73. The molecule has 1 aromatic carbocycles. The van der Waals surface area contributed by atoms with Crippen LogP contribution in [0, 0.1) is 3.57 Å². The molecular weight excluding hydrogens is 299 g/mol. The number of halogens is 1. The third-order valence-corrected chi connectivity index (χ3v) is 3.49. The minimum Gasteiger partial charge on any atom is -0.389 e. The fraction of sp³-hybridized carbons (Fsp3) is 0.385. The third kappa shape index (κ3) is 3.31. The first-order valence-electron chi connectivity index (χ1n) is 5.36. The Morgan fingerprint density at radius 1 is 1.27 bits per heavy atom. The molecule has 2 heteroatoms. The van der Waals surface area contributed by atoms with Crippen LogP contribution in [0.3, 0.4) is 0 Å². The minimum absolute atomic E-state index is 0.211. The topological polar surface area (TPSA) is 20.2 Å². The van der Waals surface area contributed by atoms with E-state index in [0.29, 0.717) is 0 Å². The molecule has 0 amide bonds. The molecule has 0 aliphatic heterocycles. The molecule has 0 spiro atoms. The van der Waals surface area contributed by atoms with Crippen molar-refractivity contribution >= 4 is 22.6 Å². The van der Waals surface area contributed by atoms with E-state index in [-0.39, 0.29) is 6.10 Å². The molecule has 1 nitrogen and oxygen atoms in total. The van der Waals surface area contributed by atoms with E-state index >= 15 is 0 Å². The van der Waals surface area contributed by atoms with Crippen LogP contribution in [0.2, 0.25) is 0 Å². The van der Waals surface area contributed by atoms with Gasteiger partial charge in [-0.25, -0.2) is 0 Å². The van der Waals surface area contributed by atoms with E-state index in [2.05, 4.69) is 46.9 Å². The highest BCUT2D eigenvalue weighted by molar-refractivity contribution is 14.1. The molecule has 0 radical (unpaired) electrons. The zero-order valence-corrected chi connectivity index (χ0v) is 10.8. The average Bonchev–Trinajstić information content (AvgIpc) is 2.22. The summed E-state index contributed by atoms with van der Waals surface area (Å²) in [5.74, 6) is 0. The summed E-state index contributed by atoms with van der Waals surface area (Å²) in [5, 5.41) is 9.52. The molecule has 0 aromatic heterocycles. The van der Waals surface area contributed by atoms with Crippen LogP contribution in [0.5, 0.6) is 0 Å². The Morgan fingerprint density at radius 3 is 2.67 bits per heavy atom. The highest BCUT2D eigenvalue weighted by Gasteiger charge is 2.10. The lowest BCUT2D eigenvalue weighted by atomic mass is 9.93. The van der Waals surface area contributed by atoms with E-state index in [1.54, 1.807) is 0 Å². The Bertz CT molecular complexity index is 353. The van der Waals surface area contributed by atoms with Gasteiger partial charge in [-0.2, -0.15) is 0 Å². The fourth-order valence-corrected chi connectivity index (χ4v) is 2.35. The van der Waals surface area contributed by atoms with Gasteiger partial charge in [-0.1, -0.05) is 23.8 Å². The highest BCUT2D eigenvalue weighted by Crippen LogP contribution is 2.21. The van der Waals surface area contributed by atoms with Gasteiger partial charge in [-0.05, 0) is 66.0 Å². The maximum Gasteiger partial charge on any atom is 0.0723 e. The van der Waals surface area contributed by atoms with Crippen molar-refractivity contribution in [3.63, 3.8) is 0 Å². The average molecular weight is 314 g/mol. The number of aliphatic hydroxyl groups is 1. The Balaban J connectivity index is 2.05. The van der Waals surface area contributed by atoms with Crippen molar-refractivity contribution in [1.82, 2.24) is 0 Å². The molecule has 1 aromatic rings. The van der Waals surface area contributed by atoms with Gasteiger partial charge in [0.25, 0.3) is 0 Å². The Kier molecular flexibility index (Phi) is 3.81. The standard InChI is InChI=1S/C13H15IO/c14-12-6-4-10(5-7-12)8-11-2-1-3-13(15)9-11/h4-7,9,13,15H,1-3,8H2. The molecule has 1 atom stereocenters. The minimum atomic E-state index is -0.211. The summed E-state index contributed by atoms with van der Waals surface area (Å²) in [7, 11) is 0. The van der Waals surface area contributed by atoms with Crippen LogP contribution in [0.4, 0.5) is 0 Å². The highest BCUT2D eigenvalue weighted by atomic mass is 127. The zero-order valence-electron chi connectivity index (χ0n) is 8.62. The lowest BCUT2D eigenvalue weighted by Crippen LogP contribution is -2.10. The maximum atomic E-state index is 9.52. The summed E-state index contributed by atoms with van der Waals surface area (Å²) >= 11 is 2.32. The number of rotatable bonds is 2. The van der Waals surface area contributed by atoms with Gasteiger partial charge in [0.15, 0.2) is 0 Å². The van der Waals surface area contributed by atoms with Crippen molar-refractivity contribution in [2.24, 2.45) is 0 Å². The van der Waals surface area contributed by atoms with Gasteiger partial charge in [0.05, 0.1) is 6.10 Å². The van der Waals surface area contributed by atoms with Crippen LogP contribution in [0.1, 0.15) is 24.8 Å². The fourth-order valence-electron chi connectivity index (χ4n) is 1.99. The van der Waals surface area contributed by atoms with Gasteiger partial charge in [-0.15, -0.1) is 0 Å². The zero-order chi connectivity index (χ0) is 10.7. The SMILES string of the molecule is OC1C=C(Cc2ccc(I)cc2)CCC1. The summed E-state index contributed by atoms with van der Waals surface area (Å²) < 4.78 is 1.27. The van der Waals surface area contributed by atoms with Gasteiger partial charge in [-0.3, -0.25) is 0 Å². The first kappa shape index (κ1) is 11.1. The normalized spacial score (nSPS) is 21.2. The van der Waals surface area contributed by atoms with Crippen LogP contribution in [-0.4, -0.2) is 11.2 Å². The maximum absolute atomic E-state index is 9.52. The first-order valence-corrected chi connectivity index (χ1v) is 6.44. The van der Waals surface area contributed by atoms with E-state index in [1.807, 2.05) is 6.08 Å². The molecule has 0 bridgehead atoms. The van der Waals surface area contributed by atoms with E-state index in [0.717, 1.165) is 25.7 Å². The lowest BCUT2D eigenvalue weighted by Gasteiger charge is -2.17. The van der Waals surface area contributed by atoms with Crippen molar-refractivity contribution in [1.29, 1.82) is 0 Å². The van der Waals surface area contributed by atoms with Crippen molar-refractivity contribution in [2.75, 3.05) is 0 Å². The van der Waals surface area contributed by atoms with Crippen LogP contribution in [-0.2, 0) is 6.42 Å². The van der Waals surface area contributed by atoms with Crippen molar-refractivity contribution < 1.29 is 5.11 Å². The predicted octanol–water partition coefficient (Wildman–Crippen LogP) is 3.30. The van der Waals surface area contributed by atoms with E-state index < -0.39 is 0 Å². The van der Waals surface area contributed by atoms with E-state index in [4.69, 9.17) is 0 Å². The van der Waals surface area contributed by atoms with Crippen LogP contribution < -0.4 is 0 Å². The van der Waals surface area contributed by atoms with Gasteiger partial charge in [0, 0.05) is 3.57 Å². The number of hydrogen-bond acceptors (Lipinski definition) is 1. The van der Waals surface area contributed by atoms with Gasteiger partial charge < -0.3 is 5.11 Å². The molecule has 1 unspecified atom stereocenters. The van der Waals surface area contributed by atoms with Crippen molar-refractivity contribution in [3.8, 4) is 0 Å².